The predicted molar refractivity (Wildman–Crippen MR) is 77.0 cm³/mol. The minimum atomic E-state index is -0.155. The van der Waals surface area contributed by atoms with Crippen LogP contribution in [0.15, 0.2) is 24.3 Å². The molecule has 0 aliphatic rings. The molecule has 112 valence electrons. The topological polar surface area (TPSA) is 67.8 Å². The second kappa shape index (κ2) is 9.20. The average Bonchev–Trinajstić information content (AvgIpc) is 2.49. The lowest BCUT2D eigenvalue weighted by Gasteiger charge is -2.14. The molecule has 1 aromatic rings. The third-order valence-electron chi connectivity index (χ3n) is 3.13. The highest BCUT2D eigenvalue weighted by Crippen LogP contribution is 2.16. The zero-order valence-corrected chi connectivity index (χ0v) is 12.1. The maximum atomic E-state index is 11.6. The largest absolute Gasteiger partial charge is 0.497 e. The van der Waals surface area contributed by atoms with Crippen molar-refractivity contribution in [1.29, 1.82) is 0 Å². The fraction of sp³-hybridized carbons (Fsp3) is 0.533. The van der Waals surface area contributed by atoms with Crippen molar-refractivity contribution in [2.24, 2.45) is 5.92 Å². The molecule has 5 nitrogen and oxygen atoms in total. The summed E-state index contributed by atoms with van der Waals surface area (Å²) in [6.45, 7) is 2.75. The first-order chi connectivity index (χ1) is 9.69. The molecule has 0 aliphatic carbocycles. The van der Waals surface area contributed by atoms with E-state index in [1.165, 1.54) is 0 Å². The Hall–Kier alpha value is -1.75. The Balaban J connectivity index is 2.28. The molecule has 20 heavy (non-hydrogen) atoms. The summed E-state index contributed by atoms with van der Waals surface area (Å²) < 4.78 is 10.4. The number of amides is 1. The van der Waals surface area contributed by atoms with Gasteiger partial charge >= 0.3 is 0 Å². The van der Waals surface area contributed by atoms with Crippen molar-refractivity contribution in [2.75, 3.05) is 26.9 Å². The molecule has 5 heteroatoms. The Kier molecular flexibility index (Phi) is 7.50. The molecule has 1 aromatic carbocycles. The van der Waals surface area contributed by atoms with Gasteiger partial charge in [-0.05, 0) is 36.6 Å². The number of aliphatic hydroxyl groups is 1. The van der Waals surface area contributed by atoms with Gasteiger partial charge in [-0.15, -0.1) is 0 Å². The summed E-state index contributed by atoms with van der Waals surface area (Å²) in [5.74, 6) is 1.53. The third-order valence-corrected chi connectivity index (χ3v) is 3.13. The van der Waals surface area contributed by atoms with Gasteiger partial charge in [-0.3, -0.25) is 4.79 Å². The Morgan fingerprint density at radius 3 is 2.50 bits per heavy atom. The van der Waals surface area contributed by atoms with Crippen LogP contribution < -0.4 is 14.8 Å². The van der Waals surface area contributed by atoms with Gasteiger partial charge < -0.3 is 19.9 Å². The van der Waals surface area contributed by atoms with Gasteiger partial charge in [-0.2, -0.15) is 0 Å². The lowest BCUT2D eigenvalue weighted by molar-refractivity contribution is -0.123. The van der Waals surface area contributed by atoms with Crippen LogP contribution in [0.2, 0.25) is 0 Å². The van der Waals surface area contributed by atoms with Crippen LogP contribution in [0.1, 0.15) is 19.8 Å². The quantitative estimate of drug-likeness (QED) is 0.721. The molecule has 2 N–H and O–H groups in total. The van der Waals surface area contributed by atoms with Crippen molar-refractivity contribution >= 4 is 5.91 Å². The average molecular weight is 281 g/mol. The van der Waals surface area contributed by atoms with Gasteiger partial charge in [0.1, 0.15) is 11.5 Å². The molecule has 0 saturated carbocycles. The van der Waals surface area contributed by atoms with E-state index in [9.17, 15) is 4.79 Å². The molecule has 0 heterocycles. The summed E-state index contributed by atoms with van der Waals surface area (Å²) in [5, 5.41) is 11.7. The fourth-order valence-electron chi connectivity index (χ4n) is 1.76. The van der Waals surface area contributed by atoms with E-state index in [2.05, 4.69) is 5.32 Å². The molecule has 0 spiro atoms. The standard InChI is InChI=1S/C15H23NO4/c1-3-12(8-9-17)10-16-15(18)11-20-14-6-4-13(19-2)5-7-14/h4-7,12,17H,3,8-11H2,1-2H3,(H,16,18). The number of aliphatic hydroxyl groups excluding tert-OH is 1. The smallest absolute Gasteiger partial charge is 0.257 e. The summed E-state index contributed by atoms with van der Waals surface area (Å²) in [6, 6.07) is 7.07. The van der Waals surface area contributed by atoms with E-state index in [1.54, 1.807) is 31.4 Å². The van der Waals surface area contributed by atoms with Crippen LogP contribution in [-0.4, -0.2) is 37.9 Å². The van der Waals surface area contributed by atoms with Crippen molar-refractivity contribution in [1.82, 2.24) is 5.32 Å². The minimum Gasteiger partial charge on any atom is -0.497 e. The van der Waals surface area contributed by atoms with Gasteiger partial charge in [-0.1, -0.05) is 13.3 Å². The summed E-state index contributed by atoms with van der Waals surface area (Å²) >= 11 is 0. The van der Waals surface area contributed by atoms with Crippen LogP contribution in [0, 0.1) is 5.92 Å². The predicted octanol–water partition coefficient (Wildman–Crippen LogP) is 1.60. The zero-order valence-electron chi connectivity index (χ0n) is 12.1. The van der Waals surface area contributed by atoms with Crippen LogP contribution in [0.3, 0.4) is 0 Å². The second-order valence-corrected chi connectivity index (χ2v) is 4.55. The highest BCUT2D eigenvalue weighted by molar-refractivity contribution is 5.77. The molecule has 0 fully saturated rings. The summed E-state index contributed by atoms with van der Waals surface area (Å²) in [4.78, 5) is 11.6. The maximum absolute atomic E-state index is 11.6. The van der Waals surface area contributed by atoms with E-state index >= 15 is 0 Å². The van der Waals surface area contributed by atoms with E-state index in [1.807, 2.05) is 6.92 Å². The van der Waals surface area contributed by atoms with Gasteiger partial charge in [0.15, 0.2) is 6.61 Å². The molecule has 0 saturated heterocycles. The van der Waals surface area contributed by atoms with Crippen LogP contribution in [0.5, 0.6) is 11.5 Å². The lowest BCUT2D eigenvalue weighted by atomic mass is 10.0. The van der Waals surface area contributed by atoms with Gasteiger partial charge in [0.2, 0.25) is 0 Å². The van der Waals surface area contributed by atoms with E-state index < -0.39 is 0 Å². The summed E-state index contributed by atoms with van der Waals surface area (Å²) in [5.41, 5.74) is 0. The third kappa shape index (κ3) is 5.93. The van der Waals surface area contributed by atoms with E-state index in [0.29, 0.717) is 24.6 Å². The van der Waals surface area contributed by atoms with Crippen molar-refractivity contribution in [3.8, 4) is 11.5 Å². The monoisotopic (exact) mass is 281 g/mol. The summed E-state index contributed by atoms with van der Waals surface area (Å²) in [7, 11) is 1.60. The van der Waals surface area contributed by atoms with Gasteiger partial charge in [0, 0.05) is 13.2 Å². The van der Waals surface area contributed by atoms with Crippen LogP contribution in [0.25, 0.3) is 0 Å². The van der Waals surface area contributed by atoms with Crippen molar-refractivity contribution in [3.63, 3.8) is 0 Å². The number of hydrogen-bond donors (Lipinski definition) is 2. The zero-order chi connectivity index (χ0) is 14.8. The number of carbonyl (C=O) groups excluding carboxylic acids is 1. The number of hydrogen-bond acceptors (Lipinski definition) is 4. The number of ether oxygens (including phenoxy) is 2. The van der Waals surface area contributed by atoms with Crippen molar-refractivity contribution in [3.05, 3.63) is 24.3 Å². The SMILES string of the molecule is CCC(CCO)CNC(=O)COc1ccc(OC)cc1. The van der Waals surface area contributed by atoms with Crippen molar-refractivity contribution < 1.29 is 19.4 Å². The lowest BCUT2D eigenvalue weighted by Crippen LogP contribution is -2.33. The molecular weight excluding hydrogens is 258 g/mol. The fourth-order valence-corrected chi connectivity index (χ4v) is 1.76. The van der Waals surface area contributed by atoms with Crippen molar-refractivity contribution in [2.45, 2.75) is 19.8 Å². The van der Waals surface area contributed by atoms with Crippen LogP contribution in [0.4, 0.5) is 0 Å². The van der Waals surface area contributed by atoms with E-state index in [4.69, 9.17) is 14.6 Å². The number of nitrogens with one attached hydrogen (secondary N) is 1. The molecule has 0 aromatic heterocycles. The Morgan fingerprint density at radius 2 is 1.95 bits per heavy atom. The van der Waals surface area contributed by atoms with Gasteiger partial charge in [0.05, 0.1) is 7.11 Å². The normalized spacial score (nSPS) is 11.8. The first-order valence-corrected chi connectivity index (χ1v) is 6.84. The Morgan fingerprint density at radius 1 is 1.30 bits per heavy atom. The molecule has 1 rings (SSSR count). The van der Waals surface area contributed by atoms with Crippen LogP contribution >= 0.6 is 0 Å². The minimum absolute atomic E-state index is 0.0120. The molecule has 0 bridgehead atoms. The highest BCUT2D eigenvalue weighted by atomic mass is 16.5. The Labute approximate surface area is 119 Å². The molecule has 1 atom stereocenters. The van der Waals surface area contributed by atoms with E-state index in [0.717, 1.165) is 12.2 Å². The molecule has 0 aliphatic heterocycles. The first kappa shape index (κ1) is 16.3. The Bertz CT molecular complexity index is 391. The number of benzene rings is 1. The number of methoxy groups -OCH3 is 1. The van der Waals surface area contributed by atoms with Crippen LogP contribution in [-0.2, 0) is 4.79 Å². The number of rotatable bonds is 9. The number of carbonyl (C=O) groups is 1. The molecule has 0 radical (unpaired) electrons. The molecule has 1 amide bonds. The second-order valence-electron chi connectivity index (χ2n) is 4.55. The van der Waals surface area contributed by atoms with E-state index in [-0.39, 0.29) is 19.1 Å². The molecule has 1 unspecified atom stereocenters. The van der Waals surface area contributed by atoms with Gasteiger partial charge in [0.25, 0.3) is 5.91 Å². The molecular formula is C15H23NO4. The van der Waals surface area contributed by atoms with Gasteiger partial charge in [-0.25, -0.2) is 0 Å². The maximum Gasteiger partial charge on any atom is 0.257 e. The highest BCUT2D eigenvalue weighted by Gasteiger charge is 2.08. The first-order valence-electron chi connectivity index (χ1n) is 6.84. The summed E-state index contributed by atoms with van der Waals surface area (Å²) in [6.07, 6.45) is 1.64.